The quantitative estimate of drug-likeness (QED) is 0.507. The van der Waals surface area contributed by atoms with E-state index in [0.717, 1.165) is 13.1 Å². The molecule has 76 valence electrons. The molecule has 1 nitrogen and oxygen atoms in total. The smallest absolute Gasteiger partial charge is 0.0137 e. The van der Waals surface area contributed by atoms with Crippen LogP contribution in [0.1, 0.15) is 27.7 Å². The lowest BCUT2D eigenvalue weighted by Crippen LogP contribution is -2.11. The third-order valence-corrected chi connectivity index (χ3v) is 1.27. The number of rotatable bonds is 5. The highest BCUT2D eigenvalue weighted by Gasteiger charge is 1.77. The van der Waals surface area contributed by atoms with E-state index in [-0.39, 0.29) is 0 Å². The molecule has 0 aliphatic carbocycles. The summed E-state index contributed by atoms with van der Waals surface area (Å²) in [5.74, 6) is 0. The summed E-state index contributed by atoms with van der Waals surface area (Å²) in [5, 5.41) is 3.21. The van der Waals surface area contributed by atoms with E-state index >= 15 is 0 Å². The second kappa shape index (κ2) is 13.7. The summed E-state index contributed by atoms with van der Waals surface area (Å²) in [4.78, 5) is 0. The van der Waals surface area contributed by atoms with Gasteiger partial charge in [0.15, 0.2) is 0 Å². The van der Waals surface area contributed by atoms with Gasteiger partial charge in [-0.2, -0.15) is 0 Å². The van der Waals surface area contributed by atoms with Crippen LogP contribution in [-0.2, 0) is 0 Å². The molecule has 0 atom stereocenters. The van der Waals surface area contributed by atoms with Crippen molar-refractivity contribution < 1.29 is 0 Å². The van der Waals surface area contributed by atoms with Gasteiger partial charge in [0.2, 0.25) is 0 Å². The predicted octanol–water partition coefficient (Wildman–Crippen LogP) is 3.31. The summed E-state index contributed by atoms with van der Waals surface area (Å²) in [6.45, 7) is 13.7. The highest BCUT2D eigenvalue weighted by molar-refractivity contribution is 5.20. The van der Waals surface area contributed by atoms with Gasteiger partial charge in [-0.3, -0.25) is 0 Å². The van der Waals surface area contributed by atoms with Gasteiger partial charge in [0.1, 0.15) is 0 Å². The summed E-state index contributed by atoms with van der Waals surface area (Å²) >= 11 is 0. The first-order valence-electron chi connectivity index (χ1n) is 4.97. The molecule has 0 aromatic carbocycles. The third kappa shape index (κ3) is 14.1. The first-order valence-corrected chi connectivity index (χ1v) is 4.97. The van der Waals surface area contributed by atoms with Crippen LogP contribution in [0, 0.1) is 0 Å². The number of allylic oxidation sites excluding steroid dienone is 4. The lowest BCUT2D eigenvalue weighted by molar-refractivity contribution is 0.799. The summed E-state index contributed by atoms with van der Waals surface area (Å²) in [6, 6.07) is 0. The standard InChI is InChI=1S/C10H17N.C2H6/c1-4-7-10(3)8-6-9-11-5-2;1-2/h4,6-8,11H,1,5,9H2,2-3H3;1-2H3/b8-6-,10-7-;. The molecule has 0 saturated carbocycles. The molecule has 0 radical (unpaired) electrons. The van der Waals surface area contributed by atoms with Gasteiger partial charge in [-0.15, -0.1) is 0 Å². The van der Waals surface area contributed by atoms with Crippen molar-refractivity contribution in [3.63, 3.8) is 0 Å². The van der Waals surface area contributed by atoms with Crippen LogP contribution in [0.25, 0.3) is 0 Å². The van der Waals surface area contributed by atoms with Crippen molar-refractivity contribution in [3.05, 3.63) is 36.5 Å². The maximum atomic E-state index is 3.62. The van der Waals surface area contributed by atoms with E-state index < -0.39 is 0 Å². The van der Waals surface area contributed by atoms with Gasteiger partial charge in [-0.1, -0.05) is 57.2 Å². The van der Waals surface area contributed by atoms with Crippen LogP contribution in [-0.4, -0.2) is 13.1 Å². The third-order valence-electron chi connectivity index (χ3n) is 1.27. The average molecular weight is 181 g/mol. The molecule has 0 unspecified atom stereocenters. The van der Waals surface area contributed by atoms with E-state index in [1.54, 1.807) is 6.08 Å². The molecular formula is C12H23N. The van der Waals surface area contributed by atoms with Gasteiger partial charge in [-0.05, 0) is 13.5 Å². The van der Waals surface area contributed by atoms with E-state index in [9.17, 15) is 0 Å². The van der Waals surface area contributed by atoms with Crippen LogP contribution in [0.4, 0.5) is 0 Å². The molecule has 13 heavy (non-hydrogen) atoms. The number of nitrogens with one attached hydrogen (secondary N) is 1. The van der Waals surface area contributed by atoms with Crippen molar-refractivity contribution >= 4 is 0 Å². The maximum absolute atomic E-state index is 3.62. The molecule has 1 heteroatoms. The Bertz CT molecular complexity index is 155. The zero-order valence-corrected chi connectivity index (χ0v) is 9.43. The summed E-state index contributed by atoms with van der Waals surface area (Å²) in [6.07, 6.45) is 7.98. The first kappa shape index (κ1) is 14.7. The number of likely N-dealkylation sites (N-methyl/N-ethyl adjacent to an activating group) is 1. The Kier molecular flexibility index (Phi) is 15.5. The van der Waals surface area contributed by atoms with Crippen LogP contribution in [0.3, 0.4) is 0 Å². The molecule has 0 spiro atoms. The predicted molar refractivity (Wildman–Crippen MR) is 63.0 cm³/mol. The van der Waals surface area contributed by atoms with E-state index in [4.69, 9.17) is 0 Å². The van der Waals surface area contributed by atoms with Crippen molar-refractivity contribution in [1.29, 1.82) is 0 Å². The van der Waals surface area contributed by atoms with Crippen LogP contribution < -0.4 is 5.32 Å². The Morgan fingerprint density at radius 2 is 2.00 bits per heavy atom. The van der Waals surface area contributed by atoms with Crippen molar-refractivity contribution in [2.45, 2.75) is 27.7 Å². The van der Waals surface area contributed by atoms with Crippen molar-refractivity contribution in [2.75, 3.05) is 13.1 Å². The SMILES string of the molecule is C=C/C=C(C)\C=C/CNCC.CC. The monoisotopic (exact) mass is 181 g/mol. The minimum atomic E-state index is 0.943. The van der Waals surface area contributed by atoms with E-state index in [1.807, 2.05) is 19.9 Å². The van der Waals surface area contributed by atoms with Gasteiger partial charge >= 0.3 is 0 Å². The summed E-state index contributed by atoms with van der Waals surface area (Å²) in [7, 11) is 0. The normalized spacial score (nSPS) is 10.9. The largest absolute Gasteiger partial charge is 0.314 e. The van der Waals surface area contributed by atoms with Gasteiger partial charge < -0.3 is 5.32 Å². The fraction of sp³-hybridized carbons (Fsp3) is 0.500. The molecule has 0 saturated heterocycles. The molecule has 0 aliphatic heterocycles. The van der Waals surface area contributed by atoms with Gasteiger partial charge in [0.05, 0.1) is 0 Å². The lowest BCUT2D eigenvalue weighted by Gasteiger charge is -1.92. The highest BCUT2D eigenvalue weighted by Crippen LogP contribution is 1.93. The molecule has 0 amide bonds. The van der Waals surface area contributed by atoms with Crippen LogP contribution in [0.2, 0.25) is 0 Å². The minimum Gasteiger partial charge on any atom is -0.314 e. The first-order chi connectivity index (χ1) is 6.31. The Labute approximate surface area is 83.2 Å². The van der Waals surface area contributed by atoms with Gasteiger partial charge in [0, 0.05) is 6.54 Å². The van der Waals surface area contributed by atoms with E-state index in [2.05, 4.69) is 37.9 Å². The fourth-order valence-corrected chi connectivity index (χ4v) is 0.714. The van der Waals surface area contributed by atoms with Gasteiger partial charge in [0.25, 0.3) is 0 Å². The molecule has 0 bridgehead atoms. The van der Waals surface area contributed by atoms with Crippen LogP contribution >= 0.6 is 0 Å². The highest BCUT2D eigenvalue weighted by atomic mass is 14.8. The number of hydrogen-bond acceptors (Lipinski definition) is 1. The molecule has 0 heterocycles. The molecule has 1 N–H and O–H groups in total. The minimum absolute atomic E-state index is 0.943. The zero-order chi connectivity index (χ0) is 10.5. The van der Waals surface area contributed by atoms with Crippen LogP contribution in [0.5, 0.6) is 0 Å². The van der Waals surface area contributed by atoms with Gasteiger partial charge in [-0.25, -0.2) is 0 Å². The maximum Gasteiger partial charge on any atom is 0.0137 e. The molecular weight excluding hydrogens is 158 g/mol. The van der Waals surface area contributed by atoms with E-state index in [1.165, 1.54) is 5.57 Å². The molecule has 0 rings (SSSR count). The summed E-state index contributed by atoms with van der Waals surface area (Å²) < 4.78 is 0. The molecule has 0 fully saturated rings. The second-order valence-corrected chi connectivity index (χ2v) is 2.36. The molecule has 0 aromatic heterocycles. The average Bonchev–Trinajstić information content (AvgIpc) is 2.16. The lowest BCUT2D eigenvalue weighted by atomic mass is 10.2. The van der Waals surface area contributed by atoms with Crippen molar-refractivity contribution in [2.24, 2.45) is 0 Å². The Morgan fingerprint density at radius 3 is 2.46 bits per heavy atom. The fourth-order valence-electron chi connectivity index (χ4n) is 0.714. The zero-order valence-electron chi connectivity index (χ0n) is 9.43. The Morgan fingerprint density at radius 1 is 1.38 bits per heavy atom. The second-order valence-electron chi connectivity index (χ2n) is 2.36. The Balaban J connectivity index is 0. The molecule has 0 aliphatic rings. The van der Waals surface area contributed by atoms with E-state index in [0.29, 0.717) is 0 Å². The summed E-state index contributed by atoms with van der Waals surface area (Å²) in [5.41, 5.74) is 1.23. The topological polar surface area (TPSA) is 12.0 Å². The number of hydrogen-bond donors (Lipinski definition) is 1. The Hall–Kier alpha value is -0.820. The van der Waals surface area contributed by atoms with Crippen molar-refractivity contribution in [3.8, 4) is 0 Å². The van der Waals surface area contributed by atoms with Crippen molar-refractivity contribution in [1.82, 2.24) is 5.32 Å². The van der Waals surface area contributed by atoms with Crippen LogP contribution in [0.15, 0.2) is 36.5 Å². The molecule has 0 aromatic rings.